The largest absolute Gasteiger partial charge is 0.299 e. The van der Waals surface area contributed by atoms with Crippen LogP contribution in [0.1, 0.15) is 65.2 Å². The summed E-state index contributed by atoms with van der Waals surface area (Å²) in [7, 11) is 0. The molecule has 120 valence electrons. The van der Waals surface area contributed by atoms with E-state index in [9.17, 15) is 4.79 Å². The van der Waals surface area contributed by atoms with Crippen molar-refractivity contribution in [3.8, 4) is 0 Å². The van der Waals surface area contributed by atoms with Gasteiger partial charge in [-0.25, -0.2) is 0 Å². The first-order valence-electron chi connectivity index (χ1n) is 9.34. The zero-order valence-electron chi connectivity index (χ0n) is 14.2. The van der Waals surface area contributed by atoms with Crippen LogP contribution in [-0.4, -0.2) is 5.78 Å². The van der Waals surface area contributed by atoms with Crippen LogP contribution in [0.2, 0.25) is 0 Å². The monoisotopic (exact) mass is 298 g/mol. The molecule has 0 spiro atoms. The highest BCUT2D eigenvalue weighted by molar-refractivity contribution is 5.87. The number of hydrogen-bond acceptors (Lipinski definition) is 1. The summed E-state index contributed by atoms with van der Waals surface area (Å²) in [4.78, 5) is 12.4. The van der Waals surface area contributed by atoms with E-state index in [4.69, 9.17) is 0 Å². The molecule has 0 aliphatic heterocycles. The number of carbonyl (C=O) groups is 1. The van der Waals surface area contributed by atoms with Gasteiger partial charge in [0.05, 0.1) is 0 Å². The average molecular weight is 298 g/mol. The minimum atomic E-state index is 0.0151. The Hall–Kier alpha value is -0.850. The first-order valence-corrected chi connectivity index (χ1v) is 9.34. The van der Waals surface area contributed by atoms with Crippen LogP contribution in [0.15, 0.2) is 24.3 Å². The quantitative estimate of drug-likeness (QED) is 0.599. The van der Waals surface area contributed by atoms with E-state index in [-0.39, 0.29) is 5.41 Å². The number of rotatable bonds is 1. The second-order valence-corrected chi connectivity index (χ2v) is 8.92. The molecule has 4 aliphatic carbocycles. The van der Waals surface area contributed by atoms with Crippen molar-refractivity contribution in [2.24, 2.45) is 34.5 Å². The van der Waals surface area contributed by atoms with Crippen LogP contribution in [0, 0.1) is 34.5 Å². The lowest BCUT2D eigenvalue weighted by atomic mass is 9.47. The molecule has 3 saturated carbocycles. The first-order chi connectivity index (χ1) is 10.5. The predicted molar refractivity (Wildman–Crippen MR) is 90.4 cm³/mol. The summed E-state index contributed by atoms with van der Waals surface area (Å²) in [6.45, 7) is 8.84. The van der Waals surface area contributed by atoms with Crippen LogP contribution >= 0.6 is 0 Å². The molecule has 3 fully saturated rings. The summed E-state index contributed by atoms with van der Waals surface area (Å²) in [5, 5.41) is 0. The Morgan fingerprint density at radius 2 is 1.86 bits per heavy atom. The van der Waals surface area contributed by atoms with E-state index in [2.05, 4.69) is 32.6 Å². The molecule has 4 aliphatic rings. The van der Waals surface area contributed by atoms with Gasteiger partial charge < -0.3 is 0 Å². The number of Topliss-reactive ketones (excluding diaryl/α,β-unsaturated/α-hetero) is 1. The van der Waals surface area contributed by atoms with Crippen molar-refractivity contribution in [3.63, 3.8) is 0 Å². The number of fused-ring (bicyclic) bond motifs is 5. The van der Waals surface area contributed by atoms with Crippen molar-refractivity contribution in [3.05, 3.63) is 24.3 Å². The maximum atomic E-state index is 12.4. The van der Waals surface area contributed by atoms with Gasteiger partial charge in [-0.3, -0.25) is 4.79 Å². The summed E-state index contributed by atoms with van der Waals surface area (Å²) in [6, 6.07) is 0. The Bertz CT molecular complexity index is 544. The summed E-state index contributed by atoms with van der Waals surface area (Å²) in [5.41, 5.74) is 2.15. The van der Waals surface area contributed by atoms with Crippen molar-refractivity contribution in [2.75, 3.05) is 0 Å². The topological polar surface area (TPSA) is 17.1 Å². The number of ketones is 1. The van der Waals surface area contributed by atoms with E-state index < -0.39 is 0 Å². The van der Waals surface area contributed by atoms with Gasteiger partial charge >= 0.3 is 0 Å². The minimum Gasteiger partial charge on any atom is -0.299 e. The smallest absolute Gasteiger partial charge is 0.139 e. The molecule has 0 unspecified atom stereocenters. The van der Waals surface area contributed by atoms with Crippen molar-refractivity contribution < 1.29 is 4.79 Å². The highest BCUT2D eigenvalue weighted by Gasteiger charge is 2.58. The zero-order valence-corrected chi connectivity index (χ0v) is 14.2. The van der Waals surface area contributed by atoms with Gasteiger partial charge in [0.25, 0.3) is 0 Å². The van der Waals surface area contributed by atoms with Crippen molar-refractivity contribution in [1.29, 1.82) is 0 Å². The molecule has 0 aromatic rings. The van der Waals surface area contributed by atoms with E-state index >= 15 is 0 Å². The van der Waals surface area contributed by atoms with Crippen LogP contribution in [-0.2, 0) is 4.79 Å². The molecule has 6 atom stereocenters. The second-order valence-electron chi connectivity index (χ2n) is 8.92. The fourth-order valence-corrected chi connectivity index (χ4v) is 6.66. The molecule has 0 aromatic carbocycles. The zero-order chi connectivity index (χ0) is 15.5. The molecule has 4 rings (SSSR count). The molecule has 0 radical (unpaired) electrons. The van der Waals surface area contributed by atoms with Crippen molar-refractivity contribution in [1.82, 2.24) is 0 Å². The SMILES string of the molecule is C=C[C@H]1CC[C@@]2(C)C(=CC[C@@H]3[C@@H]2CC[C@]2(C)C(=O)CC[C@@H]32)C1. The average Bonchev–Trinajstić information content (AvgIpc) is 2.82. The fourth-order valence-electron chi connectivity index (χ4n) is 6.66. The molecule has 1 nitrogen and oxygen atoms in total. The number of carbonyl (C=O) groups excluding carboxylic acids is 1. The third-order valence-corrected chi connectivity index (χ3v) is 8.18. The first kappa shape index (κ1) is 14.7. The molecular weight excluding hydrogens is 268 g/mol. The van der Waals surface area contributed by atoms with Crippen LogP contribution in [0.25, 0.3) is 0 Å². The number of hydrogen-bond donors (Lipinski definition) is 0. The molecule has 0 bridgehead atoms. The summed E-state index contributed by atoms with van der Waals surface area (Å²) in [6.07, 6.45) is 14.3. The fraction of sp³-hybridized carbons (Fsp3) is 0.762. The molecule has 0 saturated heterocycles. The summed E-state index contributed by atoms with van der Waals surface area (Å²) in [5.74, 6) is 3.50. The maximum Gasteiger partial charge on any atom is 0.139 e. The standard InChI is InChI=1S/C21H30O/c1-4-14-9-11-20(2)15(13-14)5-6-16-17-7-8-19(22)21(17,3)12-10-18(16)20/h4-5,14,16-18H,1,6-13H2,2-3H3/t14-,16-,17-,18-,20-,21-/m0/s1. The van der Waals surface area contributed by atoms with Gasteiger partial charge in [0.2, 0.25) is 0 Å². The van der Waals surface area contributed by atoms with Crippen LogP contribution < -0.4 is 0 Å². The van der Waals surface area contributed by atoms with E-state index in [1.165, 1.54) is 32.1 Å². The molecule has 0 heterocycles. The Morgan fingerprint density at radius 1 is 1.14 bits per heavy atom. The van der Waals surface area contributed by atoms with Gasteiger partial charge in [-0.1, -0.05) is 31.6 Å². The lowest BCUT2D eigenvalue weighted by molar-refractivity contribution is -0.131. The number of allylic oxidation sites excluding steroid dienone is 3. The van der Waals surface area contributed by atoms with E-state index in [1.807, 2.05) is 0 Å². The summed E-state index contributed by atoms with van der Waals surface area (Å²) < 4.78 is 0. The van der Waals surface area contributed by atoms with Crippen molar-refractivity contribution >= 4 is 5.78 Å². The van der Waals surface area contributed by atoms with Gasteiger partial charge in [0.15, 0.2) is 0 Å². The minimum absolute atomic E-state index is 0.0151. The lowest BCUT2D eigenvalue weighted by Crippen LogP contribution is -2.50. The predicted octanol–water partition coefficient (Wildman–Crippen LogP) is 5.32. The Morgan fingerprint density at radius 3 is 2.64 bits per heavy atom. The summed E-state index contributed by atoms with van der Waals surface area (Å²) >= 11 is 0. The molecule has 0 N–H and O–H groups in total. The highest BCUT2D eigenvalue weighted by Crippen LogP contribution is 2.64. The molecule has 0 aromatic heterocycles. The Labute approximate surface area is 135 Å². The normalized spacial score (nSPS) is 50.6. The van der Waals surface area contributed by atoms with Gasteiger partial charge in [-0.05, 0) is 74.0 Å². The van der Waals surface area contributed by atoms with E-state index in [1.54, 1.807) is 5.57 Å². The third kappa shape index (κ3) is 1.80. The van der Waals surface area contributed by atoms with Crippen molar-refractivity contribution in [2.45, 2.75) is 65.2 Å². The maximum absolute atomic E-state index is 12.4. The molecule has 1 heteroatoms. The Kier molecular flexibility index (Phi) is 3.23. The van der Waals surface area contributed by atoms with E-state index in [0.29, 0.717) is 23.0 Å². The third-order valence-electron chi connectivity index (χ3n) is 8.18. The van der Waals surface area contributed by atoms with Crippen LogP contribution in [0.4, 0.5) is 0 Å². The van der Waals surface area contributed by atoms with Crippen LogP contribution in [0.3, 0.4) is 0 Å². The van der Waals surface area contributed by atoms with Crippen LogP contribution in [0.5, 0.6) is 0 Å². The van der Waals surface area contributed by atoms with Gasteiger partial charge in [-0.2, -0.15) is 0 Å². The van der Waals surface area contributed by atoms with Gasteiger partial charge in [0, 0.05) is 11.8 Å². The lowest BCUT2D eigenvalue weighted by Gasteiger charge is -2.57. The van der Waals surface area contributed by atoms with E-state index in [0.717, 1.165) is 31.1 Å². The molecular formula is C21H30O. The van der Waals surface area contributed by atoms with Gasteiger partial charge in [0.1, 0.15) is 5.78 Å². The Balaban J connectivity index is 1.67. The van der Waals surface area contributed by atoms with Gasteiger partial charge in [-0.15, -0.1) is 6.58 Å². The molecule has 22 heavy (non-hydrogen) atoms. The second kappa shape index (κ2) is 4.82. The molecule has 0 amide bonds. The highest BCUT2D eigenvalue weighted by atomic mass is 16.1.